The van der Waals surface area contributed by atoms with Crippen molar-refractivity contribution in [2.45, 2.75) is 38.2 Å². The van der Waals surface area contributed by atoms with Crippen molar-refractivity contribution >= 4 is 33.3 Å². The number of pyridine rings is 2. The van der Waals surface area contributed by atoms with Crippen molar-refractivity contribution in [1.82, 2.24) is 40.8 Å². The topological polar surface area (TPSA) is 120 Å². The molecule has 0 aromatic carbocycles. The molecule has 0 unspecified atom stereocenters. The van der Waals surface area contributed by atoms with Gasteiger partial charge in [0.1, 0.15) is 23.1 Å². The summed E-state index contributed by atoms with van der Waals surface area (Å²) in [6.45, 7) is 4.01. The molecule has 0 spiro atoms. The minimum atomic E-state index is 0.222. The van der Waals surface area contributed by atoms with Gasteiger partial charge in [-0.2, -0.15) is 5.10 Å². The Bertz CT molecular complexity index is 1550. The second-order valence-corrected chi connectivity index (χ2v) is 10.1. The largest absolute Gasteiger partial charge is 0.490 e. The summed E-state index contributed by atoms with van der Waals surface area (Å²) >= 11 is 0. The molecule has 38 heavy (non-hydrogen) atoms. The third kappa shape index (κ3) is 4.41. The van der Waals surface area contributed by atoms with Gasteiger partial charge in [0.05, 0.1) is 22.9 Å². The quantitative estimate of drug-likeness (QED) is 0.319. The molecular formula is C28H31N9O. The molecule has 0 saturated carbocycles. The fraction of sp³-hybridized carbons (Fsp3) is 0.357. The maximum Gasteiger partial charge on any atom is 0.159 e. The summed E-state index contributed by atoms with van der Waals surface area (Å²) in [6, 6.07) is 4.04. The molecule has 7 rings (SSSR count). The van der Waals surface area contributed by atoms with E-state index in [0.29, 0.717) is 0 Å². The van der Waals surface area contributed by atoms with Gasteiger partial charge in [0.25, 0.3) is 0 Å². The van der Waals surface area contributed by atoms with Crippen LogP contribution in [0.4, 0.5) is 5.82 Å². The summed E-state index contributed by atoms with van der Waals surface area (Å²) in [7, 11) is 0. The number of aromatic nitrogens is 6. The fourth-order valence-corrected chi connectivity index (χ4v) is 5.46. The van der Waals surface area contributed by atoms with Crippen molar-refractivity contribution < 1.29 is 4.74 Å². The molecule has 0 aliphatic carbocycles. The lowest BCUT2D eigenvalue weighted by atomic mass is 10.1. The Balaban J connectivity index is 1.22. The van der Waals surface area contributed by atoms with Crippen LogP contribution in [0, 0.1) is 0 Å². The number of hydrogen-bond donors (Lipinski definition) is 4. The van der Waals surface area contributed by atoms with Crippen molar-refractivity contribution in [2.24, 2.45) is 0 Å². The zero-order valence-corrected chi connectivity index (χ0v) is 21.2. The highest BCUT2D eigenvalue weighted by Crippen LogP contribution is 2.31. The highest BCUT2D eigenvalue weighted by molar-refractivity contribution is 5.96. The summed E-state index contributed by atoms with van der Waals surface area (Å²) in [5.41, 5.74) is 5.24. The molecule has 3 aliphatic heterocycles. The van der Waals surface area contributed by atoms with Gasteiger partial charge in [0, 0.05) is 42.6 Å². The molecule has 4 N–H and O–H groups in total. The zero-order valence-electron chi connectivity index (χ0n) is 21.2. The maximum atomic E-state index is 6.31. The molecule has 3 aliphatic rings. The standard InChI is InChI=1S/C28H31N9O/c1-2-12-37(13-3-1)28-26-22(7-11-31-28)33-27(34-26)25-21-15-23(32-17-24(21)35-36-25)18-14-20(6-10-30-16-18)38-19-4-8-29-9-5-19/h6-7,10-11,14-17,19,29-30H,1-5,8-9,12-13H2,(H,33,34)(H,35,36). The van der Waals surface area contributed by atoms with Crippen LogP contribution in [-0.4, -0.2) is 62.4 Å². The van der Waals surface area contributed by atoms with Crippen LogP contribution in [0.25, 0.3) is 39.0 Å². The number of anilines is 1. The summed E-state index contributed by atoms with van der Waals surface area (Å²) in [4.78, 5) is 20.2. The Morgan fingerprint density at radius 2 is 1.92 bits per heavy atom. The van der Waals surface area contributed by atoms with Crippen LogP contribution in [0.3, 0.4) is 0 Å². The molecule has 0 amide bonds. The van der Waals surface area contributed by atoms with E-state index in [9.17, 15) is 0 Å². The first-order valence-electron chi connectivity index (χ1n) is 13.5. The van der Waals surface area contributed by atoms with E-state index >= 15 is 0 Å². The lowest BCUT2D eigenvalue weighted by molar-refractivity contribution is 0.0961. The third-order valence-corrected chi connectivity index (χ3v) is 7.47. The fourth-order valence-electron chi connectivity index (χ4n) is 5.46. The number of ether oxygens (including phenoxy) is 1. The van der Waals surface area contributed by atoms with E-state index in [-0.39, 0.29) is 6.10 Å². The van der Waals surface area contributed by atoms with Gasteiger partial charge in [-0.3, -0.25) is 10.1 Å². The van der Waals surface area contributed by atoms with Crippen molar-refractivity contribution in [3.8, 4) is 11.5 Å². The number of nitrogens with zero attached hydrogens (tertiary/aromatic N) is 5. The SMILES string of the molecule is C1=CC(OC2CCNCC2)=CC(c2cc3c(-c4nc5c(N6CCCCC6)nccc5[nH]4)n[nH]c3cn2)=CN1. The lowest BCUT2D eigenvalue weighted by Gasteiger charge is -2.27. The summed E-state index contributed by atoms with van der Waals surface area (Å²) in [6.07, 6.45) is 17.4. The molecule has 10 heteroatoms. The first-order chi connectivity index (χ1) is 18.8. The van der Waals surface area contributed by atoms with Gasteiger partial charge in [-0.25, -0.2) is 9.97 Å². The molecule has 0 atom stereocenters. The third-order valence-electron chi connectivity index (χ3n) is 7.47. The monoisotopic (exact) mass is 509 g/mol. The normalized spacial score (nSPS) is 18.8. The van der Waals surface area contributed by atoms with E-state index in [1.807, 2.05) is 43.0 Å². The Labute approximate surface area is 220 Å². The van der Waals surface area contributed by atoms with E-state index < -0.39 is 0 Å². The Morgan fingerprint density at radius 3 is 2.82 bits per heavy atom. The molecule has 10 nitrogen and oxygen atoms in total. The van der Waals surface area contributed by atoms with E-state index in [0.717, 1.165) is 95.3 Å². The average molecular weight is 510 g/mol. The minimum Gasteiger partial charge on any atom is -0.490 e. The van der Waals surface area contributed by atoms with E-state index in [1.165, 1.54) is 19.3 Å². The Hall–Kier alpha value is -4.18. The van der Waals surface area contributed by atoms with Crippen LogP contribution >= 0.6 is 0 Å². The first-order valence-corrected chi connectivity index (χ1v) is 13.5. The van der Waals surface area contributed by atoms with E-state index in [4.69, 9.17) is 14.7 Å². The number of allylic oxidation sites excluding steroid dienone is 3. The second kappa shape index (κ2) is 9.94. The number of nitrogens with one attached hydrogen (secondary N) is 4. The number of imidazole rings is 1. The predicted molar refractivity (Wildman–Crippen MR) is 148 cm³/mol. The zero-order chi connectivity index (χ0) is 25.3. The molecule has 2 saturated heterocycles. The van der Waals surface area contributed by atoms with Crippen LogP contribution in [0.5, 0.6) is 0 Å². The van der Waals surface area contributed by atoms with Gasteiger partial charge in [0.2, 0.25) is 0 Å². The van der Waals surface area contributed by atoms with E-state index in [1.54, 1.807) is 0 Å². The average Bonchev–Trinajstić information content (AvgIpc) is 3.52. The van der Waals surface area contributed by atoms with Crippen molar-refractivity contribution in [3.05, 3.63) is 60.5 Å². The van der Waals surface area contributed by atoms with Crippen LogP contribution in [0.1, 0.15) is 37.8 Å². The number of piperidine rings is 2. The van der Waals surface area contributed by atoms with Crippen LogP contribution in [-0.2, 0) is 4.74 Å². The number of fused-ring (bicyclic) bond motifs is 2. The Morgan fingerprint density at radius 1 is 1.03 bits per heavy atom. The molecule has 0 radical (unpaired) electrons. The van der Waals surface area contributed by atoms with Crippen molar-refractivity contribution in [1.29, 1.82) is 0 Å². The Kier molecular flexibility index (Phi) is 6.01. The van der Waals surface area contributed by atoms with Gasteiger partial charge in [-0.05, 0) is 69.5 Å². The van der Waals surface area contributed by atoms with Gasteiger partial charge in [0.15, 0.2) is 11.6 Å². The molecule has 4 aromatic heterocycles. The van der Waals surface area contributed by atoms with Crippen molar-refractivity contribution in [2.75, 3.05) is 31.1 Å². The lowest BCUT2D eigenvalue weighted by Crippen LogP contribution is -2.32. The van der Waals surface area contributed by atoms with Crippen LogP contribution in [0.15, 0.2) is 54.8 Å². The van der Waals surface area contributed by atoms with Gasteiger partial charge >= 0.3 is 0 Å². The number of rotatable bonds is 5. The van der Waals surface area contributed by atoms with Crippen LogP contribution < -0.4 is 15.5 Å². The number of hydrogen-bond acceptors (Lipinski definition) is 8. The van der Waals surface area contributed by atoms with E-state index in [2.05, 4.69) is 41.8 Å². The molecule has 2 fully saturated rings. The minimum absolute atomic E-state index is 0.222. The number of H-pyrrole nitrogens is 2. The van der Waals surface area contributed by atoms with Gasteiger partial charge in [-0.1, -0.05) is 0 Å². The highest BCUT2D eigenvalue weighted by Gasteiger charge is 2.21. The highest BCUT2D eigenvalue weighted by atomic mass is 16.5. The maximum absolute atomic E-state index is 6.31. The second-order valence-electron chi connectivity index (χ2n) is 10.1. The molecule has 7 heterocycles. The van der Waals surface area contributed by atoms with Crippen molar-refractivity contribution in [3.63, 3.8) is 0 Å². The smallest absolute Gasteiger partial charge is 0.159 e. The van der Waals surface area contributed by atoms with Crippen LogP contribution in [0.2, 0.25) is 0 Å². The summed E-state index contributed by atoms with van der Waals surface area (Å²) < 4.78 is 6.31. The van der Waals surface area contributed by atoms with Gasteiger partial charge < -0.3 is 25.3 Å². The molecular weight excluding hydrogens is 478 g/mol. The number of aromatic amines is 2. The molecule has 4 aromatic rings. The molecule has 194 valence electrons. The summed E-state index contributed by atoms with van der Waals surface area (Å²) in [5, 5.41) is 15.3. The molecule has 0 bridgehead atoms. The first kappa shape index (κ1) is 23.0. The predicted octanol–water partition coefficient (Wildman–Crippen LogP) is 4.00. The van der Waals surface area contributed by atoms with Gasteiger partial charge in [-0.15, -0.1) is 0 Å². The summed E-state index contributed by atoms with van der Waals surface area (Å²) in [5.74, 6) is 2.49.